The zero-order valence-electron chi connectivity index (χ0n) is 16.3. The number of carbonyl (C=O) groups is 2. The summed E-state index contributed by atoms with van der Waals surface area (Å²) in [6.45, 7) is 0.920. The monoisotopic (exact) mass is 391 g/mol. The fraction of sp³-hybridized carbons (Fsp3) is 0.417. The van der Waals surface area contributed by atoms with Gasteiger partial charge in [-0.3, -0.25) is 9.59 Å². The quantitative estimate of drug-likeness (QED) is 0.812. The highest BCUT2D eigenvalue weighted by Crippen LogP contribution is 2.57. The van der Waals surface area contributed by atoms with Crippen LogP contribution >= 0.6 is 0 Å². The third kappa shape index (κ3) is 2.67. The molecule has 2 aromatic rings. The van der Waals surface area contributed by atoms with Crippen molar-refractivity contribution in [3.63, 3.8) is 0 Å². The molecule has 5 nitrogen and oxygen atoms in total. The smallest absolute Gasteiger partial charge is 0.209 e. The zero-order valence-corrected chi connectivity index (χ0v) is 16.3. The van der Waals surface area contributed by atoms with E-state index in [4.69, 9.17) is 4.74 Å². The second kappa shape index (κ2) is 6.90. The average molecular weight is 391 g/mol. The molecule has 3 aliphatic rings. The Morgan fingerprint density at radius 3 is 2.83 bits per heavy atom. The molecule has 3 atom stereocenters. The summed E-state index contributed by atoms with van der Waals surface area (Å²) in [5, 5.41) is 11.2. The summed E-state index contributed by atoms with van der Waals surface area (Å²) < 4.78 is 5.95. The number of piperidine rings is 1. The van der Waals surface area contributed by atoms with Crippen LogP contribution in [-0.2, 0) is 28.0 Å². The number of hydrogen-bond donors (Lipinski definition) is 1. The van der Waals surface area contributed by atoms with Crippen LogP contribution in [-0.4, -0.2) is 34.8 Å². The third-order valence-electron chi connectivity index (χ3n) is 7.18. The van der Waals surface area contributed by atoms with Gasteiger partial charge in [-0.2, -0.15) is 0 Å². The molecular formula is C24H25NO4. The van der Waals surface area contributed by atoms with Gasteiger partial charge in [0.05, 0.1) is 5.41 Å². The maximum atomic E-state index is 13.3. The van der Waals surface area contributed by atoms with Crippen molar-refractivity contribution in [2.45, 2.75) is 50.2 Å². The summed E-state index contributed by atoms with van der Waals surface area (Å²) in [5.41, 5.74) is 2.07. The molecule has 5 heteroatoms. The minimum absolute atomic E-state index is 0.0356. The lowest BCUT2D eigenvalue weighted by molar-refractivity contribution is -0.141. The van der Waals surface area contributed by atoms with Gasteiger partial charge in [0, 0.05) is 24.6 Å². The fourth-order valence-corrected chi connectivity index (χ4v) is 5.91. The standard InChI is InChI=1S/C24H25NO4/c26-15-25-12-11-24-18(7-4-8-21(24)27)19(25)13-17-9-10-20(23(28)22(17)24)29-14-16-5-2-1-3-6-16/h1-3,5-6,9-10,15,18-19,28H,4,7-8,11-14H2/t18-,19+,24+/m0/s1. The Balaban J connectivity index is 1.57. The van der Waals surface area contributed by atoms with E-state index in [-0.39, 0.29) is 23.5 Å². The number of ether oxygens (including phenoxy) is 1. The Bertz CT molecular complexity index is 957. The number of rotatable bonds is 4. The lowest BCUT2D eigenvalue weighted by atomic mass is 9.51. The molecule has 1 aliphatic heterocycles. The number of benzene rings is 2. The number of fused-ring (bicyclic) bond motifs is 1. The van der Waals surface area contributed by atoms with Crippen LogP contribution in [0.4, 0.5) is 0 Å². The normalized spacial score (nSPS) is 27.7. The van der Waals surface area contributed by atoms with Crippen LogP contribution in [0.2, 0.25) is 0 Å². The number of phenolic OH excluding ortho intramolecular Hbond substituents is 1. The van der Waals surface area contributed by atoms with Crippen LogP contribution in [0.15, 0.2) is 42.5 Å². The summed E-state index contributed by atoms with van der Waals surface area (Å²) in [6.07, 6.45) is 4.49. The van der Waals surface area contributed by atoms with Crippen molar-refractivity contribution in [3.8, 4) is 11.5 Å². The molecule has 0 unspecified atom stereocenters. The van der Waals surface area contributed by atoms with Crippen molar-refractivity contribution in [1.82, 2.24) is 4.90 Å². The van der Waals surface area contributed by atoms with Crippen LogP contribution < -0.4 is 4.74 Å². The van der Waals surface area contributed by atoms with Gasteiger partial charge in [0.2, 0.25) is 6.41 Å². The molecule has 1 saturated heterocycles. The molecule has 2 aliphatic carbocycles. The lowest BCUT2D eigenvalue weighted by Gasteiger charge is -2.57. The van der Waals surface area contributed by atoms with Crippen molar-refractivity contribution in [1.29, 1.82) is 0 Å². The van der Waals surface area contributed by atoms with E-state index in [2.05, 4.69) is 0 Å². The molecule has 0 radical (unpaired) electrons. The van der Waals surface area contributed by atoms with E-state index >= 15 is 0 Å². The number of amides is 1. The summed E-state index contributed by atoms with van der Waals surface area (Å²) >= 11 is 0. The summed E-state index contributed by atoms with van der Waals surface area (Å²) in [5.74, 6) is 0.818. The van der Waals surface area contributed by atoms with E-state index in [0.717, 1.165) is 35.9 Å². The lowest BCUT2D eigenvalue weighted by Crippen LogP contribution is -2.63. The number of hydrogen-bond acceptors (Lipinski definition) is 4. The Morgan fingerprint density at radius 1 is 1.21 bits per heavy atom. The van der Waals surface area contributed by atoms with Crippen LogP contribution in [0.1, 0.15) is 42.4 Å². The average Bonchev–Trinajstić information content (AvgIpc) is 2.74. The first kappa shape index (κ1) is 18.2. The highest BCUT2D eigenvalue weighted by molar-refractivity contribution is 5.94. The molecule has 0 aromatic heterocycles. The van der Waals surface area contributed by atoms with Crippen LogP contribution in [0.5, 0.6) is 11.5 Å². The predicted molar refractivity (Wildman–Crippen MR) is 108 cm³/mol. The van der Waals surface area contributed by atoms with Gasteiger partial charge >= 0.3 is 0 Å². The SMILES string of the molecule is O=CN1CC[C@]23C(=O)CCC[C@H]2[C@H]1Cc1ccc(OCc2ccccc2)c(O)c13. The van der Waals surface area contributed by atoms with E-state index in [1.807, 2.05) is 41.3 Å². The van der Waals surface area contributed by atoms with Crippen LogP contribution in [0, 0.1) is 5.92 Å². The Kier molecular flexibility index (Phi) is 4.34. The van der Waals surface area contributed by atoms with E-state index in [0.29, 0.717) is 38.2 Å². The Labute approximate surface area is 170 Å². The minimum Gasteiger partial charge on any atom is -0.504 e. The molecular weight excluding hydrogens is 366 g/mol. The van der Waals surface area contributed by atoms with Crippen molar-refractivity contribution in [3.05, 3.63) is 59.2 Å². The van der Waals surface area contributed by atoms with Gasteiger partial charge in [-0.25, -0.2) is 0 Å². The summed E-state index contributed by atoms with van der Waals surface area (Å²) in [7, 11) is 0. The third-order valence-corrected chi connectivity index (χ3v) is 7.18. The number of phenols is 1. The molecule has 1 saturated carbocycles. The first-order valence-electron chi connectivity index (χ1n) is 10.4. The first-order valence-corrected chi connectivity index (χ1v) is 10.4. The second-order valence-electron chi connectivity index (χ2n) is 8.48. The van der Waals surface area contributed by atoms with Gasteiger partial charge in [-0.15, -0.1) is 0 Å². The number of likely N-dealkylation sites (tertiary alicyclic amines) is 1. The first-order chi connectivity index (χ1) is 14.1. The van der Waals surface area contributed by atoms with E-state index in [9.17, 15) is 14.7 Å². The van der Waals surface area contributed by atoms with Crippen molar-refractivity contribution in [2.75, 3.05) is 6.54 Å². The Morgan fingerprint density at radius 2 is 2.03 bits per heavy atom. The fourth-order valence-electron chi connectivity index (χ4n) is 5.91. The largest absolute Gasteiger partial charge is 0.504 e. The van der Waals surface area contributed by atoms with Gasteiger partial charge in [0.1, 0.15) is 12.4 Å². The number of ketones is 1. The van der Waals surface area contributed by atoms with Crippen LogP contribution in [0.25, 0.3) is 0 Å². The molecule has 1 amide bonds. The van der Waals surface area contributed by atoms with Gasteiger partial charge in [0.25, 0.3) is 0 Å². The minimum atomic E-state index is -0.688. The molecule has 2 bridgehead atoms. The van der Waals surface area contributed by atoms with Gasteiger partial charge < -0.3 is 14.7 Å². The Hall–Kier alpha value is -2.82. The van der Waals surface area contributed by atoms with E-state index in [1.165, 1.54) is 0 Å². The van der Waals surface area contributed by atoms with Crippen molar-refractivity contribution in [2.24, 2.45) is 5.92 Å². The number of aromatic hydroxyl groups is 1. The maximum Gasteiger partial charge on any atom is 0.209 e. The second-order valence-corrected chi connectivity index (χ2v) is 8.48. The zero-order chi connectivity index (χ0) is 20.0. The van der Waals surface area contributed by atoms with Gasteiger partial charge in [-0.1, -0.05) is 36.4 Å². The van der Waals surface area contributed by atoms with Gasteiger partial charge in [-0.05, 0) is 48.8 Å². The molecule has 1 N–H and O–H groups in total. The molecule has 1 heterocycles. The maximum absolute atomic E-state index is 13.3. The van der Waals surface area contributed by atoms with E-state index in [1.54, 1.807) is 6.07 Å². The molecule has 0 spiro atoms. The number of nitrogens with zero attached hydrogens (tertiary/aromatic N) is 1. The number of carbonyl (C=O) groups excluding carboxylic acids is 2. The van der Waals surface area contributed by atoms with Crippen molar-refractivity contribution >= 4 is 12.2 Å². The highest BCUT2D eigenvalue weighted by Gasteiger charge is 2.59. The molecule has 2 aromatic carbocycles. The molecule has 29 heavy (non-hydrogen) atoms. The summed E-state index contributed by atoms with van der Waals surface area (Å²) in [4.78, 5) is 26.8. The number of Topliss-reactive ketones (excluding diaryl/α,β-unsaturated/α-hetero) is 1. The van der Waals surface area contributed by atoms with E-state index < -0.39 is 5.41 Å². The van der Waals surface area contributed by atoms with Crippen LogP contribution in [0.3, 0.4) is 0 Å². The van der Waals surface area contributed by atoms with Gasteiger partial charge in [0.15, 0.2) is 11.5 Å². The topological polar surface area (TPSA) is 66.8 Å². The predicted octanol–water partition coefficient (Wildman–Crippen LogP) is 3.37. The van der Waals surface area contributed by atoms with Crippen molar-refractivity contribution < 1.29 is 19.4 Å². The molecule has 2 fully saturated rings. The molecule has 5 rings (SSSR count). The molecule has 150 valence electrons. The summed E-state index contributed by atoms with van der Waals surface area (Å²) in [6, 6.07) is 13.6. The highest BCUT2D eigenvalue weighted by atomic mass is 16.5.